The molecular formula is C12H11ClFNO2S2. The number of hydrogen-bond donors (Lipinski definition) is 0. The molecule has 0 saturated heterocycles. The van der Waals surface area contributed by atoms with Crippen molar-refractivity contribution in [1.29, 1.82) is 0 Å². The van der Waals surface area contributed by atoms with Crippen molar-refractivity contribution >= 4 is 38.6 Å². The molecular weight excluding hydrogens is 309 g/mol. The smallest absolute Gasteiger partial charge is 0.265 e. The molecule has 2 rings (SSSR count). The van der Waals surface area contributed by atoms with Crippen molar-refractivity contribution in [2.75, 3.05) is 11.4 Å². The maximum atomic E-state index is 12.9. The molecule has 1 aromatic heterocycles. The van der Waals surface area contributed by atoms with Gasteiger partial charge in [0, 0.05) is 11.9 Å². The molecule has 0 atom stereocenters. The topological polar surface area (TPSA) is 37.4 Å². The van der Waals surface area contributed by atoms with Crippen LogP contribution in [0.2, 0.25) is 0 Å². The summed E-state index contributed by atoms with van der Waals surface area (Å²) in [6.07, 6.45) is 0. The van der Waals surface area contributed by atoms with E-state index in [2.05, 4.69) is 0 Å². The second kappa shape index (κ2) is 5.48. The molecule has 0 unspecified atom stereocenters. The van der Waals surface area contributed by atoms with Crippen LogP contribution in [0.5, 0.6) is 0 Å². The third-order valence-corrected chi connectivity index (χ3v) is 6.00. The molecule has 7 heteroatoms. The summed E-state index contributed by atoms with van der Waals surface area (Å²) >= 11 is 7.02. The summed E-state index contributed by atoms with van der Waals surface area (Å²) in [4.78, 5) is 0.787. The highest BCUT2D eigenvalue weighted by molar-refractivity contribution is 7.93. The second-order valence-corrected chi connectivity index (χ2v) is 7.00. The standard InChI is InChI=1S/C12H11ClFNO2S2/c1-15(10-4-2-9(14)3-5-10)19(16,17)12-6-7-18-11(12)8-13/h2-7H,8H2,1H3. The molecule has 0 aliphatic rings. The van der Waals surface area contributed by atoms with Crippen LogP contribution in [0.25, 0.3) is 0 Å². The predicted octanol–water partition coefficient (Wildman–Crippen LogP) is 3.45. The van der Waals surface area contributed by atoms with Gasteiger partial charge >= 0.3 is 0 Å². The number of anilines is 1. The van der Waals surface area contributed by atoms with Crippen LogP contribution in [0, 0.1) is 5.82 Å². The number of halogens is 2. The number of rotatable bonds is 4. The quantitative estimate of drug-likeness (QED) is 0.809. The van der Waals surface area contributed by atoms with E-state index >= 15 is 0 Å². The summed E-state index contributed by atoms with van der Waals surface area (Å²) in [5, 5.41) is 1.68. The SMILES string of the molecule is CN(c1ccc(F)cc1)S(=O)(=O)c1ccsc1CCl. The highest BCUT2D eigenvalue weighted by Gasteiger charge is 2.24. The molecule has 0 radical (unpaired) electrons. The van der Waals surface area contributed by atoms with Gasteiger partial charge in [-0.05, 0) is 35.7 Å². The fourth-order valence-corrected chi connectivity index (χ4v) is 4.46. The fraction of sp³-hybridized carbons (Fsp3) is 0.167. The largest absolute Gasteiger partial charge is 0.269 e. The Morgan fingerprint density at radius 1 is 1.26 bits per heavy atom. The van der Waals surface area contributed by atoms with Crippen molar-refractivity contribution < 1.29 is 12.8 Å². The van der Waals surface area contributed by atoms with Crippen LogP contribution in [0.4, 0.5) is 10.1 Å². The maximum Gasteiger partial charge on any atom is 0.265 e. The van der Waals surface area contributed by atoms with Crippen molar-refractivity contribution in [2.45, 2.75) is 10.8 Å². The highest BCUT2D eigenvalue weighted by Crippen LogP contribution is 2.28. The van der Waals surface area contributed by atoms with Gasteiger partial charge in [0.25, 0.3) is 10.0 Å². The zero-order valence-corrected chi connectivity index (χ0v) is 12.4. The summed E-state index contributed by atoms with van der Waals surface area (Å²) < 4.78 is 38.8. The van der Waals surface area contributed by atoms with Crippen molar-refractivity contribution in [3.63, 3.8) is 0 Å². The summed E-state index contributed by atoms with van der Waals surface area (Å²) in [6, 6.07) is 6.80. The Morgan fingerprint density at radius 3 is 2.47 bits per heavy atom. The molecule has 0 aliphatic carbocycles. The first kappa shape index (κ1) is 14.3. The van der Waals surface area contributed by atoms with Crippen LogP contribution in [-0.4, -0.2) is 15.5 Å². The van der Waals surface area contributed by atoms with Gasteiger partial charge in [0.2, 0.25) is 0 Å². The number of nitrogens with zero attached hydrogens (tertiary/aromatic N) is 1. The van der Waals surface area contributed by atoms with Crippen LogP contribution in [0.3, 0.4) is 0 Å². The molecule has 0 N–H and O–H groups in total. The Hall–Kier alpha value is -1.11. The Kier molecular flexibility index (Phi) is 4.13. The minimum Gasteiger partial charge on any atom is -0.269 e. The van der Waals surface area contributed by atoms with Crippen LogP contribution < -0.4 is 4.31 Å². The molecule has 0 fully saturated rings. The molecule has 102 valence electrons. The molecule has 1 aromatic carbocycles. The lowest BCUT2D eigenvalue weighted by Gasteiger charge is -2.19. The van der Waals surface area contributed by atoms with Gasteiger partial charge in [-0.15, -0.1) is 22.9 Å². The van der Waals surface area contributed by atoms with Crippen molar-refractivity contribution in [1.82, 2.24) is 0 Å². The van der Waals surface area contributed by atoms with E-state index in [4.69, 9.17) is 11.6 Å². The second-order valence-electron chi connectivity index (χ2n) is 3.79. The lowest BCUT2D eigenvalue weighted by Crippen LogP contribution is -2.26. The van der Waals surface area contributed by atoms with E-state index in [0.29, 0.717) is 10.6 Å². The number of thiophene rings is 1. The fourth-order valence-electron chi connectivity index (χ4n) is 1.59. The third-order valence-electron chi connectivity index (χ3n) is 2.65. The van der Waals surface area contributed by atoms with Gasteiger partial charge in [-0.1, -0.05) is 0 Å². The summed E-state index contributed by atoms with van der Waals surface area (Å²) in [6.45, 7) is 0. The van der Waals surface area contributed by atoms with Crippen molar-refractivity contribution in [2.24, 2.45) is 0 Å². The number of hydrogen-bond acceptors (Lipinski definition) is 3. The molecule has 1 heterocycles. The molecule has 0 amide bonds. The summed E-state index contributed by atoms with van der Waals surface area (Å²) in [5.74, 6) is -0.268. The predicted molar refractivity (Wildman–Crippen MR) is 75.9 cm³/mol. The first-order valence-corrected chi connectivity index (χ1v) is 8.19. The van der Waals surface area contributed by atoms with E-state index in [0.717, 1.165) is 4.31 Å². The molecule has 0 aliphatic heterocycles. The van der Waals surface area contributed by atoms with E-state index in [9.17, 15) is 12.8 Å². The highest BCUT2D eigenvalue weighted by atomic mass is 35.5. The average Bonchev–Trinajstić information content (AvgIpc) is 2.87. The Balaban J connectivity index is 2.42. The summed E-state index contributed by atoms with van der Waals surface area (Å²) in [7, 11) is -2.24. The molecule has 0 saturated carbocycles. The van der Waals surface area contributed by atoms with Gasteiger partial charge in [0.15, 0.2) is 0 Å². The van der Waals surface area contributed by atoms with E-state index in [1.165, 1.54) is 48.7 Å². The molecule has 0 spiro atoms. The monoisotopic (exact) mass is 319 g/mol. The van der Waals surface area contributed by atoms with Gasteiger partial charge in [-0.2, -0.15) is 0 Å². The average molecular weight is 320 g/mol. The van der Waals surface area contributed by atoms with Gasteiger partial charge in [0.1, 0.15) is 10.7 Å². The first-order chi connectivity index (χ1) is 8.96. The number of sulfonamides is 1. The van der Waals surface area contributed by atoms with Crippen molar-refractivity contribution in [3.05, 3.63) is 46.4 Å². The zero-order chi connectivity index (χ0) is 14.0. The van der Waals surface area contributed by atoms with Gasteiger partial charge in [0.05, 0.1) is 11.6 Å². The lowest BCUT2D eigenvalue weighted by atomic mass is 10.3. The minimum absolute atomic E-state index is 0.142. The van der Waals surface area contributed by atoms with Crippen LogP contribution in [0.1, 0.15) is 4.88 Å². The zero-order valence-electron chi connectivity index (χ0n) is 10.0. The van der Waals surface area contributed by atoms with Crippen LogP contribution in [0.15, 0.2) is 40.6 Å². The number of benzene rings is 1. The Morgan fingerprint density at radius 2 is 1.89 bits per heavy atom. The van der Waals surface area contributed by atoms with E-state index in [-0.39, 0.29) is 10.8 Å². The Labute approximate surface area is 120 Å². The van der Waals surface area contributed by atoms with E-state index < -0.39 is 15.8 Å². The van der Waals surface area contributed by atoms with Crippen LogP contribution >= 0.6 is 22.9 Å². The van der Waals surface area contributed by atoms with E-state index in [1.54, 1.807) is 5.38 Å². The lowest BCUT2D eigenvalue weighted by molar-refractivity contribution is 0.594. The van der Waals surface area contributed by atoms with E-state index in [1.807, 2.05) is 0 Å². The molecule has 19 heavy (non-hydrogen) atoms. The normalized spacial score (nSPS) is 11.5. The third kappa shape index (κ3) is 2.75. The van der Waals surface area contributed by atoms with Gasteiger partial charge < -0.3 is 0 Å². The molecule has 2 aromatic rings. The molecule has 3 nitrogen and oxygen atoms in total. The van der Waals surface area contributed by atoms with Crippen molar-refractivity contribution in [3.8, 4) is 0 Å². The number of alkyl halides is 1. The molecule has 0 bridgehead atoms. The first-order valence-electron chi connectivity index (χ1n) is 5.33. The van der Waals surface area contributed by atoms with Gasteiger partial charge in [-0.3, -0.25) is 4.31 Å². The Bertz CT molecular complexity index is 667. The van der Waals surface area contributed by atoms with Crippen LogP contribution in [-0.2, 0) is 15.9 Å². The van der Waals surface area contributed by atoms with Gasteiger partial charge in [-0.25, -0.2) is 12.8 Å². The minimum atomic E-state index is -3.67. The summed E-state index contributed by atoms with van der Waals surface area (Å²) in [5.41, 5.74) is 0.396. The maximum absolute atomic E-state index is 12.9.